The Morgan fingerprint density at radius 1 is 1.45 bits per heavy atom. The molecule has 0 saturated heterocycles. The summed E-state index contributed by atoms with van der Waals surface area (Å²) in [4.78, 5) is 16.6. The average Bonchev–Trinajstić information content (AvgIpc) is 2.88. The van der Waals surface area contributed by atoms with E-state index in [9.17, 15) is 9.90 Å². The molecule has 0 aliphatic heterocycles. The Hall–Kier alpha value is -1.88. The summed E-state index contributed by atoms with van der Waals surface area (Å²) in [6.07, 6.45) is 4.16. The van der Waals surface area contributed by atoms with E-state index in [1.807, 2.05) is 12.1 Å². The van der Waals surface area contributed by atoms with Crippen molar-refractivity contribution in [2.24, 2.45) is 11.1 Å². The van der Waals surface area contributed by atoms with Crippen LogP contribution in [0.2, 0.25) is 0 Å². The third-order valence-electron chi connectivity index (χ3n) is 3.62. The lowest BCUT2D eigenvalue weighted by atomic mass is 10.1. The average molecular weight is 276 g/mol. The van der Waals surface area contributed by atoms with Crippen molar-refractivity contribution in [3.8, 4) is 0 Å². The topological polar surface area (TPSA) is 70.9 Å². The Morgan fingerprint density at radius 2 is 2.20 bits per heavy atom. The number of aliphatic hydroxyl groups excluding tert-OH is 1. The number of amides is 1. The fourth-order valence-corrected chi connectivity index (χ4v) is 2.42. The predicted molar refractivity (Wildman–Crippen MR) is 76.7 cm³/mol. The molecule has 0 radical (unpaired) electrons. The number of rotatable bonds is 5. The van der Waals surface area contributed by atoms with Gasteiger partial charge >= 0.3 is 0 Å². The van der Waals surface area contributed by atoms with E-state index in [-0.39, 0.29) is 17.9 Å². The summed E-state index contributed by atoms with van der Waals surface area (Å²) < 4.78 is 0. The number of benzene rings is 1. The molecule has 5 nitrogen and oxygen atoms in total. The molecule has 5 heteroatoms. The molecule has 0 bridgehead atoms. The summed E-state index contributed by atoms with van der Waals surface area (Å²) in [6, 6.07) is 7.11. The number of aliphatic hydroxyl groups is 1. The first-order valence-electron chi connectivity index (χ1n) is 6.83. The zero-order valence-corrected chi connectivity index (χ0v) is 11.6. The SMILES string of the molecule is CON=Cc1ccc(C(=O)NCC2CCCC2O)cc1. The van der Waals surface area contributed by atoms with Crippen molar-refractivity contribution in [1.29, 1.82) is 0 Å². The van der Waals surface area contributed by atoms with Gasteiger partial charge < -0.3 is 15.3 Å². The van der Waals surface area contributed by atoms with Crippen molar-refractivity contribution < 1.29 is 14.7 Å². The van der Waals surface area contributed by atoms with Gasteiger partial charge in [0.2, 0.25) is 0 Å². The Bertz CT molecular complexity index is 471. The van der Waals surface area contributed by atoms with Gasteiger partial charge in [-0.2, -0.15) is 0 Å². The third-order valence-corrected chi connectivity index (χ3v) is 3.62. The minimum atomic E-state index is -0.275. The molecule has 1 fully saturated rings. The molecule has 0 spiro atoms. The smallest absolute Gasteiger partial charge is 0.251 e. The van der Waals surface area contributed by atoms with E-state index < -0.39 is 0 Å². The molecule has 108 valence electrons. The number of hydrogen-bond acceptors (Lipinski definition) is 4. The molecule has 0 aromatic heterocycles. The van der Waals surface area contributed by atoms with Crippen LogP contribution in [0.5, 0.6) is 0 Å². The Labute approximate surface area is 118 Å². The second-order valence-electron chi connectivity index (χ2n) is 5.01. The van der Waals surface area contributed by atoms with Gasteiger partial charge in [-0.1, -0.05) is 23.7 Å². The zero-order valence-electron chi connectivity index (χ0n) is 11.6. The molecular formula is C15H20N2O3. The van der Waals surface area contributed by atoms with Crippen LogP contribution in [-0.2, 0) is 4.84 Å². The highest BCUT2D eigenvalue weighted by atomic mass is 16.6. The van der Waals surface area contributed by atoms with E-state index in [0.29, 0.717) is 12.1 Å². The minimum Gasteiger partial charge on any atom is -0.399 e. The lowest BCUT2D eigenvalue weighted by Crippen LogP contribution is -2.32. The molecule has 2 rings (SSSR count). The van der Waals surface area contributed by atoms with Gasteiger partial charge in [-0.25, -0.2) is 0 Å². The Morgan fingerprint density at radius 3 is 2.80 bits per heavy atom. The maximum absolute atomic E-state index is 12.0. The van der Waals surface area contributed by atoms with Crippen LogP contribution in [0.25, 0.3) is 0 Å². The molecule has 1 saturated carbocycles. The van der Waals surface area contributed by atoms with Crippen molar-refractivity contribution in [3.05, 3.63) is 35.4 Å². The maximum atomic E-state index is 12.0. The summed E-state index contributed by atoms with van der Waals surface area (Å²) in [7, 11) is 1.48. The molecule has 1 aliphatic rings. The largest absolute Gasteiger partial charge is 0.399 e. The van der Waals surface area contributed by atoms with E-state index in [2.05, 4.69) is 15.3 Å². The lowest BCUT2D eigenvalue weighted by Gasteiger charge is -2.15. The molecule has 1 aliphatic carbocycles. The number of carbonyl (C=O) groups is 1. The van der Waals surface area contributed by atoms with E-state index in [0.717, 1.165) is 24.8 Å². The zero-order chi connectivity index (χ0) is 14.4. The Kier molecular flexibility index (Phi) is 5.12. The summed E-state index contributed by atoms with van der Waals surface area (Å²) in [5.74, 6) is 0.0754. The molecule has 1 amide bonds. The maximum Gasteiger partial charge on any atom is 0.251 e. The monoisotopic (exact) mass is 276 g/mol. The first-order chi connectivity index (χ1) is 9.70. The first-order valence-corrected chi connectivity index (χ1v) is 6.83. The van der Waals surface area contributed by atoms with Crippen LogP contribution >= 0.6 is 0 Å². The molecule has 0 heterocycles. The first kappa shape index (κ1) is 14.5. The van der Waals surface area contributed by atoms with E-state index in [1.165, 1.54) is 7.11 Å². The fourth-order valence-electron chi connectivity index (χ4n) is 2.42. The van der Waals surface area contributed by atoms with Gasteiger partial charge in [-0.05, 0) is 30.5 Å². The predicted octanol–water partition coefficient (Wildman–Crippen LogP) is 1.56. The normalized spacial score (nSPS) is 22.1. The van der Waals surface area contributed by atoms with Gasteiger partial charge in [0, 0.05) is 18.0 Å². The third kappa shape index (κ3) is 3.81. The summed E-state index contributed by atoms with van der Waals surface area (Å²) in [5, 5.41) is 16.3. The molecule has 1 aromatic rings. The van der Waals surface area contributed by atoms with Crippen LogP contribution in [0, 0.1) is 5.92 Å². The quantitative estimate of drug-likeness (QED) is 0.633. The van der Waals surface area contributed by atoms with Gasteiger partial charge in [-0.3, -0.25) is 4.79 Å². The van der Waals surface area contributed by atoms with Crippen molar-refractivity contribution >= 4 is 12.1 Å². The number of oxime groups is 1. The molecule has 2 atom stereocenters. The van der Waals surface area contributed by atoms with E-state index in [4.69, 9.17) is 0 Å². The Balaban J connectivity index is 1.87. The van der Waals surface area contributed by atoms with Crippen LogP contribution in [0.4, 0.5) is 0 Å². The summed E-state index contributed by atoms with van der Waals surface area (Å²) in [5.41, 5.74) is 1.47. The van der Waals surface area contributed by atoms with Crippen LogP contribution in [-0.4, -0.2) is 37.0 Å². The molecule has 2 N–H and O–H groups in total. The van der Waals surface area contributed by atoms with Crippen LogP contribution < -0.4 is 5.32 Å². The van der Waals surface area contributed by atoms with Crippen LogP contribution in [0.1, 0.15) is 35.2 Å². The van der Waals surface area contributed by atoms with E-state index in [1.54, 1.807) is 18.3 Å². The molecule has 1 aromatic carbocycles. The van der Waals surface area contributed by atoms with Gasteiger partial charge in [-0.15, -0.1) is 0 Å². The van der Waals surface area contributed by atoms with Crippen molar-refractivity contribution in [1.82, 2.24) is 5.32 Å². The van der Waals surface area contributed by atoms with E-state index >= 15 is 0 Å². The van der Waals surface area contributed by atoms with Crippen molar-refractivity contribution in [3.63, 3.8) is 0 Å². The number of hydrogen-bond donors (Lipinski definition) is 2. The number of nitrogens with one attached hydrogen (secondary N) is 1. The van der Waals surface area contributed by atoms with Gasteiger partial charge in [0.1, 0.15) is 7.11 Å². The number of nitrogens with zero attached hydrogens (tertiary/aromatic N) is 1. The molecule has 2 unspecified atom stereocenters. The second-order valence-corrected chi connectivity index (χ2v) is 5.01. The van der Waals surface area contributed by atoms with Crippen LogP contribution in [0.15, 0.2) is 29.4 Å². The standard InChI is InChI=1S/C15H20N2O3/c1-20-17-9-11-5-7-12(8-6-11)15(19)16-10-13-3-2-4-14(13)18/h5-9,13-14,18H,2-4,10H2,1H3,(H,16,19). The molecular weight excluding hydrogens is 256 g/mol. The van der Waals surface area contributed by atoms with Gasteiger partial charge in [0.25, 0.3) is 5.91 Å². The van der Waals surface area contributed by atoms with Crippen molar-refractivity contribution in [2.45, 2.75) is 25.4 Å². The summed E-state index contributed by atoms with van der Waals surface area (Å²) >= 11 is 0. The highest BCUT2D eigenvalue weighted by molar-refractivity contribution is 5.95. The lowest BCUT2D eigenvalue weighted by molar-refractivity contribution is 0.0917. The van der Waals surface area contributed by atoms with Crippen LogP contribution in [0.3, 0.4) is 0 Å². The highest BCUT2D eigenvalue weighted by Gasteiger charge is 2.25. The van der Waals surface area contributed by atoms with Gasteiger partial charge in [0.05, 0.1) is 12.3 Å². The highest BCUT2D eigenvalue weighted by Crippen LogP contribution is 2.24. The number of carbonyl (C=O) groups excluding carboxylic acids is 1. The van der Waals surface area contributed by atoms with Crippen molar-refractivity contribution in [2.75, 3.05) is 13.7 Å². The summed E-state index contributed by atoms with van der Waals surface area (Å²) in [6.45, 7) is 0.535. The second kappa shape index (κ2) is 7.05. The minimum absolute atomic E-state index is 0.112. The van der Waals surface area contributed by atoms with Gasteiger partial charge in [0.15, 0.2) is 0 Å². The molecule has 20 heavy (non-hydrogen) atoms. The fraction of sp³-hybridized carbons (Fsp3) is 0.467.